The molecule has 0 spiro atoms. The maximum atomic E-state index is 13.6. The third-order valence-corrected chi connectivity index (χ3v) is 6.47. The normalized spacial score (nSPS) is 14.9. The van der Waals surface area contributed by atoms with Crippen molar-refractivity contribution in [2.45, 2.75) is 12.5 Å². The summed E-state index contributed by atoms with van der Waals surface area (Å²) in [7, 11) is 0. The van der Waals surface area contributed by atoms with Crippen LogP contribution in [0.3, 0.4) is 0 Å². The molecule has 2 heterocycles. The van der Waals surface area contributed by atoms with Crippen LogP contribution in [0.1, 0.15) is 33.3 Å². The fourth-order valence-electron chi connectivity index (χ4n) is 4.37. The highest BCUT2D eigenvalue weighted by Crippen LogP contribution is 2.39. The summed E-state index contributed by atoms with van der Waals surface area (Å²) in [4.78, 5) is 28.9. The summed E-state index contributed by atoms with van der Waals surface area (Å²) in [6.07, 6.45) is 2.34. The summed E-state index contributed by atoms with van der Waals surface area (Å²) in [5, 5.41) is 0.446. The van der Waals surface area contributed by atoms with Crippen LogP contribution in [0.15, 0.2) is 99.1 Å². The zero-order valence-corrected chi connectivity index (χ0v) is 20.0. The van der Waals surface area contributed by atoms with Crippen molar-refractivity contribution in [3.8, 4) is 5.75 Å². The monoisotopic (exact) mass is 515 g/mol. The number of hydrogen-bond acceptors (Lipinski definition) is 4. The second-order valence-corrected chi connectivity index (χ2v) is 9.04. The van der Waals surface area contributed by atoms with Gasteiger partial charge in [0, 0.05) is 11.0 Å². The number of benzene rings is 3. The average Bonchev–Trinajstić information content (AvgIpc) is 3.14. The summed E-state index contributed by atoms with van der Waals surface area (Å²) in [6, 6.07) is 22.2. The Hall–Kier alpha value is -3.64. The second kappa shape index (κ2) is 9.31. The minimum Gasteiger partial charge on any atom is -0.490 e. The molecule has 1 amide bonds. The number of carbonyl (C=O) groups excluding carboxylic acids is 1. The first-order valence-corrected chi connectivity index (χ1v) is 11.8. The summed E-state index contributed by atoms with van der Waals surface area (Å²) in [5.74, 6) is 0.535. The first kappa shape index (κ1) is 22.2. The lowest BCUT2D eigenvalue weighted by Crippen LogP contribution is -2.31. The number of rotatable bonds is 7. The van der Waals surface area contributed by atoms with Gasteiger partial charge in [-0.1, -0.05) is 71.0 Å². The van der Waals surface area contributed by atoms with E-state index in [1.54, 1.807) is 29.2 Å². The smallest absolute Gasteiger partial charge is 0.290 e. The van der Waals surface area contributed by atoms with Gasteiger partial charge in [0.05, 0.1) is 17.0 Å². The average molecular weight is 516 g/mol. The van der Waals surface area contributed by atoms with Gasteiger partial charge >= 0.3 is 0 Å². The minimum atomic E-state index is -0.542. The van der Waals surface area contributed by atoms with Crippen LogP contribution < -0.4 is 10.2 Å². The van der Waals surface area contributed by atoms with Gasteiger partial charge in [-0.15, -0.1) is 0 Å². The molecule has 0 N–H and O–H groups in total. The SMILES string of the molecule is C=CCOc1ccc(C2c3c(oc4ccc(Br)cc4c3=O)C(=O)N2CCc2ccccc2)cc1. The fourth-order valence-corrected chi connectivity index (χ4v) is 4.73. The van der Waals surface area contributed by atoms with Crippen LogP contribution in [0.25, 0.3) is 11.0 Å². The maximum Gasteiger partial charge on any atom is 0.290 e. The molecule has 0 radical (unpaired) electrons. The van der Waals surface area contributed by atoms with E-state index in [0.717, 1.165) is 15.6 Å². The van der Waals surface area contributed by atoms with E-state index in [4.69, 9.17) is 9.15 Å². The third kappa shape index (κ3) is 4.05. The Kier molecular flexibility index (Phi) is 6.07. The maximum absolute atomic E-state index is 13.6. The Morgan fingerprint density at radius 3 is 2.53 bits per heavy atom. The molecule has 1 unspecified atom stereocenters. The Balaban J connectivity index is 1.60. The Morgan fingerprint density at radius 2 is 1.79 bits per heavy atom. The first-order chi connectivity index (χ1) is 16.6. The molecule has 34 heavy (non-hydrogen) atoms. The molecule has 0 saturated heterocycles. The number of halogens is 1. The quantitative estimate of drug-likeness (QED) is 0.287. The summed E-state index contributed by atoms with van der Waals surface area (Å²) >= 11 is 3.43. The predicted octanol–water partition coefficient (Wildman–Crippen LogP) is 5.91. The summed E-state index contributed by atoms with van der Waals surface area (Å²) < 4.78 is 12.4. The molecule has 3 aromatic carbocycles. The zero-order chi connectivity index (χ0) is 23.7. The molecule has 1 aromatic heterocycles. The number of ether oxygens (including phenoxy) is 1. The molecule has 0 bridgehead atoms. The van der Waals surface area contributed by atoms with Gasteiger partial charge in [0.25, 0.3) is 5.91 Å². The fraction of sp³-hybridized carbons (Fsp3) is 0.143. The minimum absolute atomic E-state index is 0.116. The first-order valence-electron chi connectivity index (χ1n) is 11.0. The summed E-state index contributed by atoms with van der Waals surface area (Å²) in [6.45, 7) is 4.52. The van der Waals surface area contributed by atoms with Crippen molar-refractivity contribution in [2.75, 3.05) is 13.2 Å². The predicted molar refractivity (Wildman–Crippen MR) is 135 cm³/mol. The van der Waals surface area contributed by atoms with E-state index in [1.165, 1.54) is 0 Å². The van der Waals surface area contributed by atoms with Crippen LogP contribution in [-0.2, 0) is 6.42 Å². The van der Waals surface area contributed by atoms with E-state index in [0.29, 0.717) is 41.9 Å². The molecule has 1 atom stereocenters. The van der Waals surface area contributed by atoms with Gasteiger partial charge < -0.3 is 14.1 Å². The van der Waals surface area contributed by atoms with E-state index >= 15 is 0 Å². The number of nitrogens with zero attached hydrogens (tertiary/aromatic N) is 1. The molecule has 6 heteroatoms. The molecule has 170 valence electrons. The van der Waals surface area contributed by atoms with E-state index < -0.39 is 6.04 Å². The number of fused-ring (bicyclic) bond motifs is 2. The van der Waals surface area contributed by atoms with E-state index in [9.17, 15) is 9.59 Å². The van der Waals surface area contributed by atoms with Gasteiger partial charge in [0.2, 0.25) is 5.76 Å². The third-order valence-electron chi connectivity index (χ3n) is 5.98. The number of carbonyl (C=O) groups is 1. The highest BCUT2D eigenvalue weighted by molar-refractivity contribution is 9.10. The lowest BCUT2D eigenvalue weighted by atomic mass is 9.98. The van der Waals surface area contributed by atoms with Gasteiger partial charge in [-0.2, -0.15) is 0 Å². The van der Waals surface area contributed by atoms with Crippen molar-refractivity contribution in [2.24, 2.45) is 0 Å². The van der Waals surface area contributed by atoms with Crippen molar-refractivity contribution in [3.63, 3.8) is 0 Å². The summed E-state index contributed by atoms with van der Waals surface area (Å²) in [5.41, 5.74) is 2.53. The van der Waals surface area contributed by atoms with Crippen molar-refractivity contribution in [1.29, 1.82) is 0 Å². The van der Waals surface area contributed by atoms with Gasteiger partial charge in [0.15, 0.2) is 5.43 Å². The molecule has 5 nitrogen and oxygen atoms in total. The van der Waals surface area contributed by atoms with Crippen molar-refractivity contribution in [1.82, 2.24) is 4.90 Å². The zero-order valence-electron chi connectivity index (χ0n) is 18.4. The Morgan fingerprint density at radius 1 is 1.03 bits per heavy atom. The second-order valence-electron chi connectivity index (χ2n) is 8.12. The van der Waals surface area contributed by atoms with Crippen LogP contribution in [0.2, 0.25) is 0 Å². The van der Waals surface area contributed by atoms with E-state index in [2.05, 4.69) is 22.5 Å². The number of hydrogen-bond donors (Lipinski definition) is 0. The molecule has 1 aliphatic heterocycles. The van der Waals surface area contributed by atoms with Crippen LogP contribution in [0.4, 0.5) is 0 Å². The molecule has 1 aliphatic rings. The molecular formula is C28H22BrNO4. The van der Waals surface area contributed by atoms with Gasteiger partial charge in [0.1, 0.15) is 17.9 Å². The molecule has 5 rings (SSSR count). The lowest BCUT2D eigenvalue weighted by Gasteiger charge is -2.25. The molecule has 0 fully saturated rings. The molecule has 0 aliphatic carbocycles. The van der Waals surface area contributed by atoms with E-state index in [1.807, 2.05) is 54.6 Å². The van der Waals surface area contributed by atoms with E-state index in [-0.39, 0.29) is 17.1 Å². The molecular weight excluding hydrogens is 494 g/mol. The van der Waals surface area contributed by atoms with Crippen molar-refractivity contribution < 1.29 is 13.9 Å². The van der Waals surface area contributed by atoms with Gasteiger partial charge in [-0.25, -0.2) is 0 Å². The standard InChI is InChI=1S/C28H22BrNO4/c1-2-16-33-21-11-8-19(9-12-21)25-24-26(31)22-17-20(29)10-13-23(22)34-27(24)28(32)30(25)15-14-18-6-4-3-5-7-18/h2-13,17,25H,1,14-16H2. The van der Waals surface area contributed by atoms with Crippen LogP contribution >= 0.6 is 15.9 Å². The lowest BCUT2D eigenvalue weighted by molar-refractivity contribution is 0.0730. The van der Waals surface area contributed by atoms with Gasteiger partial charge in [-0.05, 0) is 47.9 Å². The topological polar surface area (TPSA) is 59.8 Å². The van der Waals surface area contributed by atoms with Gasteiger partial charge in [-0.3, -0.25) is 9.59 Å². The van der Waals surface area contributed by atoms with Crippen LogP contribution in [-0.4, -0.2) is 24.0 Å². The number of amides is 1. The largest absolute Gasteiger partial charge is 0.490 e. The highest BCUT2D eigenvalue weighted by atomic mass is 79.9. The Bertz CT molecular complexity index is 1430. The van der Waals surface area contributed by atoms with Crippen LogP contribution in [0, 0.1) is 0 Å². The molecule has 0 saturated carbocycles. The Labute approximate surface area is 205 Å². The highest BCUT2D eigenvalue weighted by Gasteiger charge is 2.42. The van der Waals surface area contributed by atoms with Crippen molar-refractivity contribution >= 4 is 32.8 Å². The van der Waals surface area contributed by atoms with Crippen LogP contribution in [0.5, 0.6) is 5.75 Å². The molecule has 4 aromatic rings. The van der Waals surface area contributed by atoms with Crippen molar-refractivity contribution in [3.05, 3.63) is 123 Å².